The highest BCUT2D eigenvalue weighted by Gasteiger charge is 2.31. The first kappa shape index (κ1) is 20.0. The minimum atomic E-state index is -0.123. The van der Waals surface area contributed by atoms with Crippen molar-refractivity contribution in [3.8, 4) is 0 Å². The summed E-state index contributed by atoms with van der Waals surface area (Å²) in [5.41, 5.74) is 3.71. The van der Waals surface area contributed by atoms with E-state index in [1.807, 2.05) is 77.7 Å². The van der Waals surface area contributed by atoms with Gasteiger partial charge in [-0.3, -0.25) is 9.59 Å². The van der Waals surface area contributed by atoms with Gasteiger partial charge in [-0.2, -0.15) is 0 Å². The second kappa shape index (κ2) is 8.67. The topological polar surface area (TPSA) is 49.4 Å². The van der Waals surface area contributed by atoms with Crippen LogP contribution in [0.1, 0.15) is 31.8 Å². The standard InChI is InChI=1S/C28H24N2O2/c31-27(21-10-2-1-3-11-21)29-18-24-17-22-12-4-5-13-23(22)19-30(24)28(32)26-16-8-14-20-9-6-7-15-25(20)26/h1-16,24H,17-19H2,(H,29,31). The lowest BCUT2D eigenvalue weighted by atomic mass is 9.92. The molecule has 1 unspecified atom stereocenters. The Bertz CT molecular complexity index is 1280. The van der Waals surface area contributed by atoms with Crippen LogP contribution in [-0.2, 0) is 13.0 Å². The van der Waals surface area contributed by atoms with Gasteiger partial charge >= 0.3 is 0 Å². The lowest BCUT2D eigenvalue weighted by Crippen LogP contribution is -2.50. The first-order valence-electron chi connectivity index (χ1n) is 10.9. The van der Waals surface area contributed by atoms with Crippen LogP contribution < -0.4 is 5.32 Å². The van der Waals surface area contributed by atoms with Crippen LogP contribution in [0.15, 0.2) is 97.1 Å². The molecule has 1 heterocycles. The van der Waals surface area contributed by atoms with Crippen molar-refractivity contribution in [3.05, 3.63) is 119 Å². The SMILES string of the molecule is O=C(NCC1Cc2ccccc2CN1C(=O)c1cccc2ccccc12)c1ccccc1. The molecule has 0 bridgehead atoms. The van der Waals surface area contributed by atoms with Crippen LogP contribution in [0.5, 0.6) is 0 Å². The van der Waals surface area contributed by atoms with Crippen molar-refractivity contribution in [3.63, 3.8) is 0 Å². The van der Waals surface area contributed by atoms with E-state index in [0.29, 0.717) is 30.6 Å². The number of fused-ring (bicyclic) bond motifs is 2. The number of hydrogen-bond donors (Lipinski definition) is 1. The zero-order chi connectivity index (χ0) is 21.9. The number of nitrogens with zero attached hydrogens (tertiary/aromatic N) is 1. The van der Waals surface area contributed by atoms with Crippen LogP contribution in [0, 0.1) is 0 Å². The third-order valence-corrected chi connectivity index (χ3v) is 6.17. The van der Waals surface area contributed by atoms with Crippen LogP contribution in [0.3, 0.4) is 0 Å². The molecular formula is C28H24N2O2. The summed E-state index contributed by atoms with van der Waals surface area (Å²) in [5.74, 6) is -0.128. The Hall–Kier alpha value is -3.92. The number of nitrogens with one attached hydrogen (secondary N) is 1. The average Bonchev–Trinajstić information content (AvgIpc) is 2.86. The summed E-state index contributed by atoms with van der Waals surface area (Å²) in [6.45, 7) is 0.933. The summed E-state index contributed by atoms with van der Waals surface area (Å²) in [6, 6.07) is 31.1. The van der Waals surface area contributed by atoms with Gasteiger partial charge in [0, 0.05) is 24.2 Å². The van der Waals surface area contributed by atoms with Gasteiger partial charge in [0.1, 0.15) is 0 Å². The van der Waals surface area contributed by atoms with Gasteiger partial charge in [0.25, 0.3) is 11.8 Å². The fraction of sp³-hybridized carbons (Fsp3) is 0.143. The largest absolute Gasteiger partial charge is 0.350 e. The van der Waals surface area contributed by atoms with E-state index in [9.17, 15) is 9.59 Å². The smallest absolute Gasteiger partial charge is 0.255 e. The molecule has 5 rings (SSSR count). The summed E-state index contributed by atoms with van der Waals surface area (Å²) in [6.07, 6.45) is 0.710. The van der Waals surface area contributed by atoms with E-state index < -0.39 is 0 Å². The monoisotopic (exact) mass is 420 g/mol. The maximum atomic E-state index is 13.8. The molecule has 1 aliphatic heterocycles. The third-order valence-electron chi connectivity index (χ3n) is 6.17. The number of amides is 2. The molecule has 0 radical (unpaired) electrons. The molecule has 0 saturated carbocycles. The molecule has 32 heavy (non-hydrogen) atoms. The van der Waals surface area contributed by atoms with E-state index in [2.05, 4.69) is 17.4 Å². The Morgan fingerprint density at radius 1 is 0.781 bits per heavy atom. The van der Waals surface area contributed by atoms with Gasteiger partial charge in [-0.15, -0.1) is 0 Å². The van der Waals surface area contributed by atoms with E-state index in [4.69, 9.17) is 0 Å². The van der Waals surface area contributed by atoms with Gasteiger partial charge in [-0.1, -0.05) is 78.9 Å². The first-order valence-corrected chi connectivity index (χ1v) is 10.9. The molecule has 1 atom stereocenters. The lowest BCUT2D eigenvalue weighted by molar-refractivity contribution is 0.0630. The molecule has 1 N–H and O–H groups in total. The van der Waals surface area contributed by atoms with Crippen molar-refractivity contribution in [1.29, 1.82) is 0 Å². The van der Waals surface area contributed by atoms with E-state index in [0.717, 1.165) is 16.3 Å². The number of benzene rings is 4. The van der Waals surface area contributed by atoms with E-state index in [1.54, 1.807) is 12.1 Å². The highest BCUT2D eigenvalue weighted by Crippen LogP contribution is 2.27. The highest BCUT2D eigenvalue weighted by atomic mass is 16.2. The second-order valence-corrected chi connectivity index (χ2v) is 8.16. The summed E-state index contributed by atoms with van der Waals surface area (Å²) < 4.78 is 0. The van der Waals surface area contributed by atoms with Crippen molar-refractivity contribution < 1.29 is 9.59 Å². The van der Waals surface area contributed by atoms with Gasteiger partial charge < -0.3 is 10.2 Å². The Kier molecular flexibility index (Phi) is 5.42. The molecular weight excluding hydrogens is 396 g/mol. The maximum Gasteiger partial charge on any atom is 0.255 e. The quantitative estimate of drug-likeness (QED) is 0.514. The van der Waals surface area contributed by atoms with E-state index in [1.165, 1.54) is 5.56 Å². The van der Waals surface area contributed by atoms with Crippen LogP contribution in [0.25, 0.3) is 10.8 Å². The average molecular weight is 421 g/mol. The molecule has 4 heteroatoms. The summed E-state index contributed by atoms with van der Waals surface area (Å²) in [5, 5.41) is 5.04. The van der Waals surface area contributed by atoms with Crippen molar-refractivity contribution in [2.45, 2.75) is 19.0 Å². The van der Waals surface area contributed by atoms with E-state index in [-0.39, 0.29) is 17.9 Å². The summed E-state index contributed by atoms with van der Waals surface area (Å²) in [7, 11) is 0. The van der Waals surface area contributed by atoms with Crippen molar-refractivity contribution >= 4 is 22.6 Å². The number of carbonyl (C=O) groups is 2. The molecule has 0 aromatic heterocycles. The van der Waals surface area contributed by atoms with E-state index >= 15 is 0 Å². The molecule has 0 saturated heterocycles. The van der Waals surface area contributed by atoms with Crippen molar-refractivity contribution in [2.24, 2.45) is 0 Å². The molecule has 158 valence electrons. The molecule has 0 aliphatic carbocycles. The maximum absolute atomic E-state index is 13.8. The minimum Gasteiger partial charge on any atom is -0.350 e. The van der Waals surface area contributed by atoms with Gasteiger partial charge in [0.05, 0.1) is 6.04 Å². The normalized spacial score (nSPS) is 15.2. The predicted octanol–water partition coefficient (Wildman–Crippen LogP) is 4.84. The van der Waals surface area contributed by atoms with Crippen molar-refractivity contribution in [2.75, 3.05) is 6.54 Å². The number of rotatable bonds is 4. The molecule has 1 aliphatic rings. The summed E-state index contributed by atoms with van der Waals surface area (Å²) >= 11 is 0. The highest BCUT2D eigenvalue weighted by molar-refractivity contribution is 6.07. The Morgan fingerprint density at radius 2 is 1.47 bits per heavy atom. The lowest BCUT2D eigenvalue weighted by Gasteiger charge is -2.37. The fourth-order valence-electron chi connectivity index (χ4n) is 4.48. The first-order chi connectivity index (χ1) is 15.7. The Balaban J connectivity index is 1.45. The number of hydrogen-bond acceptors (Lipinski definition) is 2. The summed E-state index contributed by atoms with van der Waals surface area (Å²) in [4.78, 5) is 28.3. The van der Waals surface area contributed by atoms with Crippen molar-refractivity contribution in [1.82, 2.24) is 10.2 Å². The molecule has 4 aromatic rings. The van der Waals surface area contributed by atoms with Crippen LogP contribution in [0.4, 0.5) is 0 Å². The molecule has 2 amide bonds. The zero-order valence-corrected chi connectivity index (χ0v) is 17.7. The van der Waals surface area contributed by atoms with Gasteiger partial charge in [0.15, 0.2) is 0 Å². The minimum absolute atomic E-state index is 0.00439. The molecule has 4 aromatic carbocycles. The fourth-order valence-corrected chi connectivity index (χ4v) is 4.48. The second-order valence-electron chi connectivity index (χ2n) is 8.16. The van der Waals surface area contributed by atoms with Crippen LogP contribution in [-0.4, -0.2) is 29.3 Å². The van der Waals surface area contributed by atoms with Gasteiger partial charge in [-0.05, 0) is 46.5 Å². The predicted molar refractivity (Wildman–Crippen MR) is 127 cm³/mol. The Morgan fingerprint density at radius 3 is 2.31 bits per heavy atom. The van der Waals surface area contributed by atoms with Gasteiger partial charge in [0.2, 0.25) is 0 Å². The molecule has 4 nitrogen and oxygen atoms in total. The van der Waals surface area contributed by atoms with Crippen LogP contribution >= 0.6 is 0 Å². The number of carbonyl (C=O) groups excluding carboxylic acids is 2. The van der Waals surface area contributed by atoms with Gasteiger partial charge in [-0.25, -0.2) is 0 Å². The molecule has 0 spiro atoms. The third kappa shape index (κ3) is 3.87. The molecule has 0 fully saturated rings. The Labute approximate surface area is 187 Å². The zero-order valence-electron chi connectivity index (χ0n) is 17.7. The van der Waals surface area contributed by atoms with Crippen LogP contribution in [0.2, 0.25) is 0 Å².